The fourth-order valence-corrected chi connectivity index (χ4v) is 2.99. The Morgan fingerprint density at radius 2 is 1.93 bits per heavy atom. The molecule has 150 valence electrons. The molecule has 0 bridgehead atoms. The van der Waals surface area contributed by atoms with Crippen LogP contribution >= 0.6 is 22.6 Å². The number of carbonyl (C=O) groups excluding carboxylic acids is 2. The summed E-state index contributed by atoms with van der Waals surface area (Å²) in [5.41, 5.74) is 2.74. The van der Waals surface area contributed by atoms with Crippen LogP contribution < -0.4 is 10.8 Å². The monoisotopic (exact) mass is 507 g/mol. The van der Waals surface area contributed by atoms with Crippen LogP contribution in [0.15, 0.2) is 54.6 Å². The van der Waals surface area contributed by atoms with Crippen molar-refractivity contribution in [3.8, 4) is 11.8 Å². The number of nitrogens with zero attached hydrogens (tertiary/aromatic N) is 1. The molecule has 0 aromatic heterocycles. The molecule has 2 rings (SSSR count). The van der Waals surface area contributed by atoms with Crippen molar-refractivity contribution in [3.05, 3.63) is 69.3 Å². The van der Waals surface area contributed by atoms with Crippen LogP contribution in [-0.2, 0) is 9.53 Å². The van der Waals surface area contributed by atoms with Gasteiger partial charge in [0.15, 0.2) is 0 Å². The van der Waals surface area contributed by atoms with Gasteiger partial charge in [-0.2, -0.15) is 5.26 Å². The van der Waals surface area contributed by atoms with Gasteiger partial charge in [0.1, 0.15) is 11.9 Å². The molecule has 0 saturated heterocycles. The number of carbonyl (C=O) groups is 2. The highest BCUT2D eigenvalue weighted by atomic mass is 127. The lowest BCUT2D eigenvalue weighted by atomic mass is 9.96. The number of phenols is 1. The van der Waals surface area contributed by atoms with Crippen molar-refractivity contribution in [2.45, 2.75) is 13.0 Å². The summed E-state index contributed by atoms with van der Waals surface area (Å²) < 4.78 is 6.36. The van der Waals surface area contributed by atoms with E-state index in [4.69, 9.17) is 15.2 Å². The summed E-state index contributed by atoms with van der Waals surface area (Å²) in [6.07, 6.45) is 0.866. The van der Waals surface area contributed by atoms with E-state index < -0.39 is 24.0 Å². The Morgan fingerprint density at radius 3 is 2.55 bits per heavy atom. The Hall–Kier alpha value is -3.10. The molecule has 9 heteroatoms. The summed E-state index contributed by atoms with van der Waals surface area (Å²) in [4.78, 5) is 23.7. The van der Waals surface area contributed by atoms with Crippen molar-refractivity contribution in [2.24, 2.45) is 5.92 Å². The molecule has 0 aliphatic heterocycles. The summed E-state index contributed by atoms with van der Waals surface area (Å²) in [5, 5.41) is 30.3. The maximum atomic E-state index is 12.4. The number of rotatable bonds is 6. The summed E-state index contributed by atoms with van der Waals surface area (Å²) in [6.45, 7) is 1.69. The number of ether oxygens (including phenoxy) is 1. The number of phenolic OH excluding ortho intramolecular Hbond substituents is 1. The van der Waals surface area contributed by atoms with Gasteiger partial charge in [-0.25, -0.2) is 10.3 Å². The summed E-state index contributed by atoms with van der Waals surface area (Å²) >= 11 is 2.07. The first-order valence-electron chi connectivity index (χ1n) is 8.42. The van der Waals surface area contributed by atoms with E-state index in [1.165, 1.54) is 17.6 Å². The summed E-state index contributed by atoms with van der Waals surface area (Å²) in [5.74, 6) is -1.30. The number of hydrogen-bond donors (Lipinski definition) is 4. The largest absolute Gasteiger partial charge is 0.508 e. The van der Waals surface area contributed by atoms with Crippen molar-refractivity contribution < 1.29 is 24.6 Å². The lowest BCUT2D eigenvalue weighted by molar-refractivity contribution is -0.124. The summed E-state index contributed by atoms with van der Waals surface area (Å²) in [6, 6.07) is 13.1. The van der Waals surface area contributed by atoms with E-state index in [0.29, 0.717) is 16.8 Å². The molecule has 2 amide bonds. The third-order valence-electron chi connectivity index (χ3n) is 3.93. The lowest BCUT2D eigenvalue weighted by Crippen LogP contribution is -2.22. The Bertz CT molecular complexity index is 954. The highest BCUT2D eigenvalue weighted by molar-refractivity contribution is 14.1. The van der Waals surface area contributed by atoms with E-state index in [2.05, 4.69) is 27.9 Å². The second-order valence-electron chi connectivity index (χ2n) is 6.04. The van der Waals surface area contributed by atoms with Gasteiger partial charge in [0, 0.05) is 26.8 Å². The average molecular weight is 507 g/mol. The number of amides is 2. The van der Waals surface area contributed by atoms with Crippen LogP contribution in [0.4, 0.5) is 10.5 Å². The average Bonchev–Trinajstić information content (AvgIpc) is 2.72. The van der Waals surface area contributed by atoms with Gasteiger partial charge in [0.05, 0.1) is 11.6 Å². The van der Waals surface area contributed by atoms with Gasteiger partial charge < -0.3 is 9.84 Å². The van der Waals surface area contributed by atoms with Crippen LogP contribution in [0.25, 0.3) is 0 Å². The first-order valence-corrected chi connectivity index (χ1v) is 9.50. The van der Waals surface area contributed by atoms with Gasteiger partial charge in [-0.1, -0.05) is 13.0 Å². The van der Waals surface area contributed by atoms with E-state index in [1.54, 1.807) is 43.3 Å². The molecule has 29 heavy (non-hydrogen) atoms. The molecular formula is C20H18IN3O5. The number of hydroxylamine groups is 1. The second kappa shape index (κ2) is 10.4. The quantitative estimate of drug-likeness (QED) is 0.203. The minimum Gasteiger partial charge on any atom is -0.508 e. The maximum absolute atomic E-state index is 12.4. The molecule has 8 nitrogen and oxygen atoms in total. The van der Waals surface area contributed by atoms with Crippen molar-refractivity contribution in [3.63, 3.8) is 0 Å². The number of halogens is 1. The zero-order chi connectivity index (χ0) is 21.4. The fourth-order valence-electron chi connectivity index (χ4n) is 2.48. The molecule has 2 atom stereocenters. The molecule has 0 fully saturated rings. The molecular weight excluding hydrogens is 489 g/mol. The van der Waals surface area contributed by atoms with Crippen molar-refractivity contribution in [1.29, 1.82) is 5.26 Å². The van der Waals surface area contributed by atoms with Crippen LogP contribution in [0, 0.1) is 20.8 Å². The predicted octanol–water partition coefficient (Wildman–Crippen LogP) is 3.86. The van der Waals surface area contributed by atoms with E-state index in [9.17, 15) is 14.7 Å². The zero-order valence-corrected chi connectivity index (χ0v) is 17.5. The smallest absolute Gasteiger partial charge is 0.412 e. The molecule has 0 aliphatic rings. The molecule has 0 aliphatic carbocycles. The van der Waals surface area contributed by atoms with Crippen LogP contribution in [0.1, 0.15) is 24.2 Å². The zero-order valence-electron chi connectivity index (χ0n) is 15.3. The van der Waals surface area contributed by atoms with Crippen LogP contribution in [-0.4, -0.2) is 22.3 Å². The summed E-state index contributed by atoms with van der Waals surface area (Å²) in [7, 11) is 0. The SMILES string of the molecule is C[C@H](/C=C/C(=O)NO)[C@@H](OC(=O)Nc1ccc(C#N)cc1)c1cc(I)ccc1O. The predicted molar refractivity (Wildman–Crippen MR) is 113 cm³/mol. The molecule has 0 saturated carbocycles. The molecule has 4 N–H and O–H groups in total. The van der Waals surface area contributed by atoms with Gasteiger partial charge in [-0.05, 0) is 65.1 Å². The van der Waals surface area contributed by atoms with Crippen molar-refractivity contribution in [1.82, 2.24) is 5.48 Å². The van der Waals surface area contributed by atoms with Gasteiger partial charge in [0.25, 0.3) is 5.91 Å². The minimum atomic E-state index is -0.911. The third kappa shape index (κ3) is 6.48. The first kappa shape index (κ1) is 22.2. The lowest BCUT2D eigenvalue weighted by Gasteiger charge is -2.23. The molecule has 2 aromatic rings. The van der Waals surface area contributed by atoms with Crippen molar-refractivity contribution in [2.75, 3.05) is 5.32 Å². The topological polar surface area (TPSA) is 132 Å². The molecule has 0 unspecified atom stereocenters. The van der Waals surface area contributed by atoms with E-state index in [-0.39, 0.29) is 5.75 Å². The van der Waals surface area contributed by atoms with Crippen molar-refractivity contribution >= 4 is 40.3 Å². The maximum Gasteiger partial charge on any atom is 0.412 e. The van der Waals surface area contributed by atoms with E-state index in [0.717, 1.165) is 9.65 Å². The Morgan fingerprint density at radius 1 is 1.24 bits per heavy atom. The standard InChI is InChI=1S/C20H18IN3O5/c1-12(2-9-18(26)24-28)19(16-10-14(21)5-8-17(16)25)29-20(27)23-15-6-3-13(11-22)4-7-15/h2-10,12,19,25,28H,1H3,(H,23,27)(H,24,26)/b9-2+/t12-,19-/m1/s1. The second-order valence-corrected chi connectivity index (χ2v) is 7.28. The number of benzene rings is 2. The van der Waals surface area contributed by atoms with Gasteiger partial charge in [0.2, 0.25) is 0 Å². The molecule has 0 spiro atoms. The number of hydrogen-bond acceptors (Lipinski definition) is 6. The van der Waals surface area contributed by atoms with Crippen LogP contribution in [0.2, 0.25) is 0 Å². The fraction of sp³-hybridized carbons (Fsp3) is 0.150. The number of nitrogens with one attached hydrogen (secondary N) is 2. The molecule has 0 heterocycles. The first-order chi connectivity index (χ1) is 13.8. The van der Waals surface area contributed by atoms with Crippen LogP contribution in [0.5, 0.6) is 5.75 Å². The molecule has 0 radical (unpaired) electrons. The Balaban J connectivity index is 2.25. The number of aromatic hydroxyl groups is 1. The normalized spacial score (nSPS) is 12.6. The minimum absolute atomic E-state index is 0.0616. The third-order valence-corrected chi connectivity index (χ3v) is 4.60. The van der Waals surface area contributed by atoms with E-state index >= 15 is 0 Å². The highest BCUT2D eigenvalue weighted by Gasteiger charge is 2.25. The van der Waals surface area contributed by atoms with Crippen LogP contribution in [0.3, 0.4) is 0 Å². The Labute approximate surface area is 180 Å². The number of nitriles is 1. The van der Waals surface area contributed by atoms with Gasteiger partial charge in [-0.15, -0.1) is 0 Å². The molecule has 2 aromatic carbocycles. The Kier molecular flexibility index (Phi) is 7.99. The number of anilines is 1. The highest BCUT2D eigenvalue weighted by Crippen LogP contribution is 2.34. The van der Waals surface area contributed by atoms with Gasteiger partial charge >= 0.3 is 6.09 Å². The van der Waals surface area contributed by atoms with E-state index in [1.807, 2.05) is 6.07 Å². The van der Waals surface area contributed by atoms with Gasteiger partial charge in [-0.3, -0.25) is 15.3 Å².